The molecule has 0 radical (unpaired) electrons. The molecule has 7 nitrogen and oxygen atoms in total. The van der Waals surface area contributed by atoms with E-state index in [9.17, 15) is 9.59 Å². The minimum Gasteiger partial charge on any atom is -0.477 e. The zero-order valence-electron chi connectivity index (χ0n) is 17.8. The Morgan fingerprint density at radius 1 is 1.09 bits per heavy atom. The van der Waals surface area contributed by atoms with Crippen LogP contribution in [0.2, 0.25) is 0 Å². The average Bonchev–Trinajstić information content (AvgIpc) is 3.36. The summed E-state index contributed by atoms with van der Waals surface area (Å²) in [7, 11) is 0. The van der Waals surface area contributed by atoms with Gasteiger partial charge in [0.25, 0.3) is 5.91 Å². The highest BCUT2D eigenvalue weighted by Crippen LogP contribution is 2.34. The van der Waals surface area contributed by atoms with Crippen molar-refractivity contribution in [1.82, 2.24) is 15.1 Å². The second kappa shape index (κ2) is 8.86. The standard InChI is InChI=1S/C25H26N4O3/c30-22-8-3-1-6-20(22)27-25(31)24-17-28(21-7-2-4-9-23(21)32-24)16-18-10-12-19(13-11-18)29-15-5-14-26-29/h2,4-5,7,9-15,20,24H,1,3,6,8,16-17H2,(H,27,31)/t20-,24?/m0/s1. The van der Waals surface area contributed by atoms with Crippen molar-refractivity contribution in [3.05, 3.63) is 72.6 Å². The highest BCUT2D eigenvalue weighted by molar-refractivity contribution is 5.91. The Morgan fingerprint density at radius 3 is 2.72 bits per heavy atom. The van der Waals surface area contributed by atoms with Crippen LogP contribution < -0.4 is 15.0 Å². The van der Waals surface area contributed by atoms with Crippen molar-refractivity contribution in [3.63, 3.8) is 0 Å². The first kappa shape index (κ1) is 20.3. The molecule has 0 spiro atoms. The van der Waals surface area contributed by atoms with Crippen molar-refractivity contribution in [2.24, 2.45) is 0 Å². The summed E-state index contributed by atoms with van der Waals surface area (Å²) in [6, 6.07) is 17.5. The van der Waals surface area contributed by atoms with Crippen molar-refractivity contribution in [3.8, 4) is 11.4 Å². The van der Waals surface area contributed by atoms with Crippen LogP contribution in [-0.2, 0) is 16.1 Å². The van der Waals surface area contributed by atoms with Gasteiger partial charge in [-0.25, -0.2) is 4.68 Å². The van der Waals surface area contributed by atoms with Crippen molar-refractivity contribution < 1.29 is 14.3 Å². The summed E-state index contributed by atoms with van der Waals surface area (Å²) < 4.78 is 7.85. The van der Waals surface area contributed by atoms with Gasteiger partial charge < -0.3 is 15.0 Å². The van der Waals surface area contributed by atoms with E-state index in [4.69, 9.17) is 4.74 Å². The number of ketones is 1. The molecule has 0 bridgehead atoms. The number of carbonyl (C=O) groups excluding carboxylic acids is 2. The van der Waals surface area contributed by atoms with E-state index in [2.05, 4.69) is 27.4 Å². The van der Waals surface area contributed by atoms with Crippen LogP contribution in [0.25, 0.3) is 5.69 Å². The molecule has 2 heterocycles. The summed E-state index contributed by atoms with van der Waals surface area (Å²) in [5.41, 5.74) is 3.08. The third kappa shape index (κ3) is 4.23. The normalized spacial score (nSPS) is 20.4. The number of rotatable bonds is 5. The van der Waals surface area contributed by atoms with Gasteiger partial charge >= 0.3 is 0 Å². The Labute approximate surface area is 187 Å². The molecular weight excluding hydrogens is 404 g/mol. The van der Waals surface area contributed by atoms with Gasteiger partial charge in [0.15, 0.2) is 11.9 Å². The van der Waals surface area contributed by atoms with E-state index in [0.717, 1.165) is 29.8 Å². The van der Waals surface area contributed by atoms with Crippen molar-refractivity contribution in [2.75, 3.05) is 11.4 Å². The van der Waals surface area contributed by atoms with Crippen LogP contribution in [-0.4, -0.2) is 40.2 Å². The van der Waals surface area contributed by atoms with Crippen LogP contribution in [0.1, 0.15) is 31.2 Å². The molecule has 1 fully saturated rings. The molecule has 0 saturated heterocycles. The first-order valence-electron chi connectivity index (χ1n) is 11.1. The molecule has 7 heteroatoms. The molecule has 2 aliphatic rings. The van der Waals surface area contributed by atoms with Crippen LogP contribution in [0.5, 0.6) is 5.75 Å². The molecule has 1 aliphatic carbocycles. The largest absolute Gasteiger partial charge is 0.477 e. The molecule has 164 valence electrons. The van der Waals surface area contributed by atoms with E-state index < -0.39 is 6.10 Å². The fourth-order valence-electron chi connectivity index (χ4n) is 4.39. The van der Waals surface area contributed by atoms with Gasteiger partial charge in [-0.3, -0.25) is 9.59 Å². The number of hydrogen-bond donors (Lipinski definition) is 1. The number of carbonyl (C=O) groups is 2. The minimum absolute atomic E-state index is 0.120. The Kier molecular flexibility index (Phi) is 5.62. The molecule has 1 amide bonds. The van der Waals surface area contributed by atoms with Crippen LogP contribution in [0.4, 0.5) is 5.69 Å². The van der Waals surface area contributed by atoms with E-state index in [0.29, 0.717) is 31.7 Å². The Balaban J connectivity index is 1.32. The number of ether oxygens (including phenoxy) is 1. The number of benzene rings is 2. The van der Waals surface area contributed by atoms with Gasteiger partial charge in [-0.1, -0.05) is 30.7 Å². The van der Waals surface area contributed by atoms with Crippen LogP contribution in [0, 0.1) is 0 Å². The van der Waals surface area contributed by atoms with Gasteiger partial charge in [0.1, 0.15) is 5.75 Å². The summed E-state index contributed by atoms with van der Waals surface area (Å²) in [4.78, 5) is 27.3. The van der Waals surface area contributed by atoms with Gasteiger partial charge in [-0.2, -0.15) is 5.10 Å². The second-order valence-corrected chi connectivity index (χ2v) is 8.35. The highest BCUT2D eigenvalue weighted by Gasteiger charge is 2.33. The molecule has 1 unspecified atom stereocenters. The van der Waals surface area contributed by atoms with Crippen LogP contribution in [0.3, 0.4) is 0 Å². The van der Waals surface area contributed by atoms with Gasteiger partial charge in [-0.05, 0) is 48.7 Å². The molecule has 3 aromatic rings. The van der Waals surface area contributed by atoms with Gasteiger partial charge in [-0.15, -0.1) is 0 Å². The number of hydrogen-bond acceptors (Lipinski definition) is 5. The molecule has 1 aliphatic heterocycles. The lowest BCUT2D eigenvalue weighted by Crippen LogP contribution is -2.53. The number of amides is 1. The molecule has 1 aromatic heterocycles. The summed E-state index contributed by atoms with van der Waals surface area (Å²) >= 11 is 0. The quantitative estimate of drug-likeness (QED) is 0.672. The Morgan fingerprint density at radius 2 is 1.94 bits per heavy atom. The molecule has 5 rings (SSSR count). The van der Waals surface area contributed by atoms with E-state index in [1.807, 2.05) is 53.3 Å². The lowest BCUT2D eigenvalue weighted by molar-refractivity contribution is -0.133. The summed E-state index contributed by atoms with van der Waals surface area (Å²) in [5, 5.41) is 7.19. The summed E-state index contributed by atoms with van der Waals surface area (Å²) in [6.07, 6.45) is 6.12. The third-order valence-corrected chi connectivity index (χ3v) is 6.10. The Hall–Kier alpha value is -3.61. The smallest absolute Gasteiger partial charge is 0.263 e. The first-order valence-corrected chi connectivity index (χ1v) is 11.1. The summed E-state index contributed by atoms with van der Waals surface area (Å²) in [6.45, 7) is 1.07. The van der Waals surface area contributed by atoms with E-state index in [-0.39, 0.29) is 17.7 Å². The number of Topliss-reactive ketones (excluding diaryl/α,β-unsaturated/α-hetero) is 1. The van der Waals surface area contributed by atoms with Gasteiger partial charge in [0, 0.05) is 25.4 Å². The van der Waals surface area contributed by atoms with Crippen molar-refractivity contribution in [1.29, 1.82) is 0 Å². The molecule has 1 saturated carbocycles. The number of anilines is 1. The SMILES string of the molecule is O=C(N[C@H]1CCCCC1=O)C1CN(Cc2ccc(-n3cccn3)cc2)c2ccccc2O1. The third-order valence-electron chi connectivity index (χ3n) is 6.10. The number of nitrogens with one attached hydrogen (secondary N) is 1. The second-order valence-electron chi connectivity index (χ2n) is 8.35. The maximum atomic E-state index is 13.0. The maximum Gasteiger partial charge on any atom is 0.263 e. The molecular formula is C25H26N4O3. The van der Waals surface area contributed by atoms with Crippen LogP contribution in [0.15, 0.2) is 67.0 Å². The van der Waals surface area contributed by atoms with Crippen molar-refractivity contribution >= 4 is 17.4 Å². The zero-order chi connectivity index (χ0) is 21.9. The monoisotopic (exact) mass is 430 g/mol. The number of aromatic nitrogens is 2. The minimum atomic E-state index is -0.664. The average molecular weight is 431 g/mol. The van der Waals surface area contributed by atoms with Crippen LogP contribution >= 0.6 is 0 Å². The number of nitrogens with zero attached hydrogens (tertiary/aromatic N) is 3. The highest BCUT2D eigenvalue weighted by atomic mass is 16.5. The predicted octanol–water partition coefficient (Wildman–Crippen LogP) is 3.27. The van der Waals surface area contributed by atoms with E-state index in [1.54, 1.807) is 6.20 Å². The molecule has 32 heavy (non-hydrogen) atoms. The van der Waals surface area contributed by atoms with E-state index >= 15 is 0 Å². The zero-order valence-corrected chi connectivity index (χ0v) is 17.8. The van der Waals surface area contributed by atoms with E-state index in [1.165, 1.54) is 0 Å². The fraction of sp³-hybridized carbons (Fsp3) is 0.320. The number of para-hydroxylation sites is 2. The maximum absolute atomic E-state index is 13.0. The first-order chi connectivity index (χ1) is 15.7. The van der Waals surface area contributed by atoms with Crippen molar-refractivity contribution in [2.45, 2.75) is 44.4 Å². The Bertz CT molecular complexity index is 1090. The molecule has 2 aromatic carbocycles. The lowest BCUT2D eigenvalue weighted by Gasteiger charge is -2.36. The molecule has 2 atom stereocenters. The summed E-state index contributed by atoms with van der Waals surface area (Å²) in [5.74, 6) is 0.579. The predicted molar refractivity (Wildman–Crippen MR) is 121 cm³/mol. The lowest BCUT2D eigenvalue weighted by atomic mass is 9.94. The molecule has 1 N–H and O–H groups in total. The number of fused-ring (bicyclic) bond motifs is 1. The topological polar surface area (TPSA) is 76.5 Å². The van der Waals surface area contributed by atoms with Gasteiger partial charge in [0.05, 0.1) is 24.0 Å². The fourth-order valence-corrected chi connectivity index (χ4v) is 4.39. The van der Waals surface area contributed by atoms with Gasteiger partial charge in [0.2, 0.25) is 0 Å².